The van der Waals surface area contributed by atoms with Crippen molar-refractivity contribution in [3.8, 4) is 11.5 Å². The van der Waals surface area contributed by atoms with Crippen molar-refractivity contribution >= 4 is 17.8 Å². The number of carboxylic acid groups (broad SMARTS) is 1. The van der Waals surface area contributed by atoms with Gasteiger partial charge in [-0.05, 0) is 24.3 Å². The summed E-state index contributed by atoms with van der Waals surface area (Å²) in [5.74, 6) is -0.736. The molecule has 9 heteroatoms. The molecule has 122 valence electrons. The molecule has 0 spiro atoms. The molecule has 0 saturated carbocycles. The summed E-state index contributed by atoms with van der Waals surface area (Å²) in [5, 5.41) is 15.2. The van der Waals surface area contributed by atoms with E-state index >= 15 is 0 Å². The highest BCUT2D eigenvalue weighted by Gasteiger charge is 2.13. The van der Waals surface area contributed by atoms with Crippen molar-refractivity contribution in [2.75, 3.05) is 5.32 Å². The second-order valence-electron chi connectivity index (χ2n) is 4.80. The Bertz CT molecular complexity index is 856. The molecule has 0 radical (unpaired) electrons. The van der Waals surface area contributed by atoms with E-state index < -0.39 is 11.9 Å². The highest BCUT2D eigenvalue weighted by Crippen LogP contribution is 2.17. The summed E-state index contributed by atoms with van der Waals surface area (Å²) >= 11 is 0. The normalized spacial score (nSPS) is 10.5. The summed E-state index contributed by atoms with van der Waals surface area (Å²) in [6, 6.07) is 6.64. The van der Waals surface area contributed by atoms with Crippen LogP contribution in [0.3, 0.4) is 0 Å². The molecule has 3 heterocycles. The smallest absolute Gasteiger partial charge is 0.305 e. The Kier molecular flexibility index (Phi) is 4.32. The van der Waals surface area contributed by atoms with Crippen LogP contribution < -0.4 is 5.32 Å². The highest BCUT2D eigenvalue weighted by molar-refractivity contribution is 6.01. The lowest BCUT2D eigenvalue weighted by atomic mass is 10.3. The second kappa shape index (κ2) is 6.73. The van der Waals surface area contributed by atoms with Gasteiger partial charge in [-0.3, -0.25) is 19.6 Å². The number of aliphatic carboxylic acids is 1. The fourth-order valence-corrected chi connectivity index (χ4v) is 1.96. The van der Waals surface area contributed by atoms with Crippen LogP contribution in [0.15, 0.2) is 47.3 Å². The van der Waals surface area contributed by atoms with Crippen LogP contribution in [0.4, 0.5) is 5.95 Å². The van der Waals surface area contributed by atoms with E-state index in [2.05, 4.69) is 20.4 Å². The first-order valence-electron chi connectivity index (χ1n) is 7.05. The number of nitrogens with zero attached hydrogens (tertiary/aromatic N) is 4. The summed E-state index contributed by atoms with van der Waals surface area (Å²) in [7, 11) is 0. The SMILES string of the molecule is O=C(O)CCn1ccc(C(=O)Nc2nccc(-c3ccco3)n2)n1. The van der Waals surface area contributed by atoms with Gasteiger partial charge in [-0.15, -0.1) is 0 Å². The number of rotatable bonds is 6. The zero-order chi connectivity index (χ0) is 16.9. The van der Waals surface area contributed by atoms with Crippen LogP contribution >= 0.6 is 0 Å². The lowest BCUT2D eigenvalue weighted by Crippen LogP contribution is -2.15. The molecule has 0 saturated heterocycles. The minimum atomic E-state index is -0.931. The Morgan fingerprint density at radius 3 is 2.92 bits per heavy atom. The Balaban J connectivity index is 1.69. The lowest BCUT2D eigenvalue weighted by molar-refractivity contribution is -0.137. The summed E-state index contributed by atoms with van der Waals surface area (Å²) in [4.78, 5) is 30.9. The average Bonchev–Trinajstić information content (AvgIpc) is 3.25. The van der Waals surface area contributed by atoms with E-state index in [1.807, 2.05) is 0 Å². The van der Waals surface area contributed by atoms with Gasteiger partial charge in [-0.2, -0.15) is 5.10 Å². The average molecular weight is 327 g/mol. The van der Waals surface area contributed by atoms with Crippen LogP contribution in [0.2, 0.25) is 0 Å². The molecule has 0 unspecified atom stereocenters. The predicted octanol–water partition coefficient (Wildman–Crippen LogP) is 1.66. The fraction of sp³-hybridized carbons (Fsp3) is 0.133. The number of aryl methyl sites for hydroxylation is 1. The molecule has 2 N–H and O–H groups in total. The molecule has 0 aliphatic rings. The van der Waals surface area contributed by atoms with Gasteiger partial charge in [0.25, 0.3) is 5.91 Å². The van der Waals surface area contributed by atoms with Gasteiger partial charge in [0.05, 0.1) is 19.2 Å². The van der Waals surface area contributed by atoms with E-state index in [4.69, 9.17) is 9.52 Å². The van der Waals surface area contributed by atoms with Crippen molar-refractivity contribution in [2.24, 2.45) is 0 Å². The van der Waals surface area contributed by atoms with E-state index in [0.29, 0.717) is 11.5 Å². The molecule has 1 amide bonds. The van der Waals surface area contributed by atoms with Crippen LogP contribution in [0, 0.1) is 0 Å². The minimum Gasteiger partial charge on any atom is -0.481 e. The number of furan rings is 1. The first-order valence-corrected chi connectivity index (χ1v) is 7.05. The molecule has 3 aromatic heterocycles. The maximum Gasteiger partial charge on any atom is 0.305 e. The molecule has 0 aliphatic heterocycles. The van der Waals surface area contributed by atoms with Crippen molar-refractivity contribution in [1.29, 1.82) is 0 Å². The van der Waals surface area contributed by atoms with Crippen molar-refractivity contribution in [3.63, 3.8) is 0 Å². The standard InChI is InChI=1S/C15H13N5O4/c21-13(22)5-8-20-7-4-11(19-20)14(23)18-15-16-6-3-10(17-15)12-2-1-9-24-12/h1-4,6-7,9H,5,8H2,(H,21,22)(H,16,17,18,23). The molecular weight excluding hydrogens is 314 g/mol. The van der Waals surface area contributed by atoms with Gasteiger partial charge in [0.2, 0.25) is 5.95 Å². The van der Waals surface area contributed by atoms with Crippen molar-refractivity contribution in [3.05, 3.63) is 48.6 Å². The Labute approximate surface area is 136 Å². The van der Waals surface area contributed by atoms with Gasteiger partial charge in [-0.25, -0.2) is 9.97 Å². The van der Waals surface area contributed by atoms with Crippen LogP contribution in [0.5, 0.6) is 0 Å². The maximum atomic E-state index is 12.2. The van der Waals surface area contributed by atoms with E-state index in [1.54, 1.807) is 18.2 Å². The summed E-state index contributed by atoms with van der Waals surface area (Å²) in [5.41, 5.74) is 0.685. The number of carbonyl (C=O) groups is 2. The molecular formula is C15H13N5O4. The number of carbonyl (C=O) groups excluding carboxylic acids is 1. The number of hydrogen-bond acceptors (Lipinski definition) is 6. The van der Waals surface area contributed by atoms with Gasteiger partial charge in [0.1, 0.15) is 5.69 Å². The molecule has 0 aromatic carbocycles. The third-order valence-electron chi connectivity index (χ3n) is 3.08. The van der Waals surface area contributed by atoms with E-state index in [0.717, 1.165) is 0 Å². The molecule has 0 bridgehead atoms. The first-order chi connectivity index (χ1) is 11.6. The van der Waals surface area contributed by atoms with Crippen LogP contribution in [0.25, 0.3) is 11.5 Å². The number of aromatic nitrogens is 4. The molecule has 9 nitrogen and oxygen atoms in total. The van der Waals surface area contributed by atoms with E-state index in [9.17, 15) is 9.59 Å². The fourth-order valence-electron chi connectivity index (χ4n) is 1.96. The molecule has 0 aliphatic carbocycles. The topological polar surface area (TPSA) is 123 Å². The summed E-state index contributed by atoms with van der Waals surface area (Å²) in [6.07, 6.45) is 4.50. The van der Waals surface area contributed by atoms with Gasteiger partial charge in [0, 0.05) is 12.4 Å². The number of anilines is 1. The third-order valence-corrected chi connectivity index (χ3v) is 3.08. The number of nitrogens with one attached hydrogen (secondary N) is 1. The third kappa shape index (κ3) is 3.64. The first kappa shape index (κ1) is 15.4. The van der Waals surface area contributed by atoms with Gasteiger partial charge in [-0.1, -0.05) is 0 Å². The molecule has 3 aromatic rings. The van der Waals surface area contributed by atoms with Crippen LogP contribution in [-0.2, 0) is 11.3 Å². The van der Waals surface area contributed by atoms with E-state index in [-0.39, 0.29) is 24.6 Å². The van der Waals surface area contributed by atoms with Crippen molar-refractivity contribution in [2.45, 2.75) is 13.0 Å². The predicted molar refractivity (Wildman–Crippen MR) is 82.2 cm³/mol. The van der Waals surface area contributed by atoms with Crippen molar-refractivity contribution in [1.82, 2.24) is 19.7 Å². The Morgan fingerprint density at radius 1 is 1.29 bits per heavy atom. The van der Waals surface area contributed by atoms with Crippen molar-refractivity contribution < 1.29 is 19.1 Å². The van der Waals surface area contributed by atoms with Gasteiger partial charge < -0.3 is 9.52 Å². The molecule has 3 rings (SSSR count). The molecule has 24 heavy (non-hydrogen) atoms. The van der Waals surface area contributed by atoms with Crippen LogP contribution in [-0.4, -0.2) is 36.7 Å². The Morgan fingerprint density at radius 2 is 2.17 bits per heavy atom. The summed E-state index contributed by atoms with van der Waals surface area (Å²) < 4.78 is 6.64. The number of amides is 1. The summed E-state index contributed by atoms with van der Waals surface area (Å²) in [6.45, 7) is 0.188. The number of carboxylic acids is 1. The lowest BCUT2D eigenvalue weighted by Gasteiger charge is -2.03. The zero-order valence-electron chi connectivity index (χ0n) is 12.4. The minimum absolute atomic E-state index is 0.0724. The zero-order valence-corrected chi connectivity index (χ0v) is 12.4. The monoisotopic (exact) mass is 327 g/mol. The van der Waals surface area contributed by atoms with Gasteiger partial charge >= 0.3 is 5.97 Å². The quantitative estimate of drug-likeness (QED) is 0.705. The second-order valence-corrected chi connectivity index (χ2v) is 4.80. The Hall–Kier alpha value is -3.49. The number of hydrogen-bond donors (Lipinski definition) is 2. The highest BCUT2D eigenvalue weighted by atomic mass is 16.4. The van der Waals surface area contributed by atoms with Crippen LogP contribution in [0.1, 0.15) is 16.9 Å². The van der Waals surface area contributed by atoms with Gasteiger partial charge in [0.15, 0.2) is 11.5 Å². The van der Waals surface area contributed by atoms with E-state index in [1.165, 1.54) is 29.4 Å². The maximum absolute atomic E-state index is 12.2. The molecule has 0 fully saturated rings. The largest absolute Gasteiger partial charge is 0.481 e. The molecule has 0 atom stereocenters.